The molecular weight excluding hydrogens is 483 g/mol. The normalized spacial score (nSPS) is 17.5. The van der Waals surface area contributed by atoms with Crippen LogP contribution >= 0.6 is 0 Å². The SMILES string of the molecule is CC(=O)N1Cc2cc(C3CCC(=O)N(C)C3)cc(Nc3cc(C(F)F)c(-c4cnn(C)c4)cc3F)c2C1. The Morgan fingerprint density at radius 1 is 1.14 bits per heavy atom. The zero-order valence-corrected chi connectivity index (χ0v) is 20.9. The molecule has 2 amide bonds. The summed E-state index contributed by atoms with van der Waals surface area (Å²) in [6.07, 6.45) is 1.28. The molecule has 3 aromatic rings. The molecule has 0 bridgehead atoms. The van der Waals surface area contributed by atoms with Crippen LogP contribution in [0.15, 0.2) is 36.7 Å². The summed E-state index contributed by atoms with van der Waals surface area (Å²) in [4.78, 5) is 27.5. The Morgan fingerprint density at radius 2 is 1.92 bits per heavy atom. The first-order valence-electron chi connectivity index (χ1n) is 12.1. The minimum absolute atomic E-state index is 0.0699. The number of likely N-dealkylation sites (N-methyl/N-ethyl adjacent to an activating group) is 1. The average molecular weight is 512 g/mol. The number of carbonyl (C=O) groups is 2. The lowest BCUT2D eigenvalue weighted by molar-refractivity contribution is -0.132. The summed E-state index contributed by atoms with van der Waals surface area (Å²) in [6, 6.07) is 6.19. The summed E-state index contributed by atoms with van der Waals surface area (Å²) in [5.41, 5.74) is 3.41. The van der Waals surface area contributed by atoms with E-state index in [1.165, 1.54) is 17.8 Å². The second-order valence-corrected chi connectivity index (χ2v) is 9.84. The van der Waals surface area contributed by atoms with Gasteiger partial charge in [0.2, 0.25) is 11.8 Å². The molecule has 0 radical (unpaired) electrons. The quantitative estimate of drug-likeness (QED) is 0.517. The minimum atomic E-state index is -2.82. The van der Waals surface area contributed by atoms with Crippen LogP contribution in [0.1, 0.15) is 54.4 Å². The van der Waals surface area contributed by atoms with Crippen LogP contribution in [0.5, 0.6) is 0 Å². The van der Waals surface area contributed by atoms with Crippen LogP contribution in [0, 0.1) is 5.82 Å². The molecular formula is C27H28F3N5O2. The van der Waals surface area contributed by atoms with Crippen LogP contribution in [0.25, 0.3) is 11.1 Å². The van der Waals surface area contributed by atoms with E-state index < -0.39 is 12.2 Å². The Labute approximate surface area is 212 Å². The standard InChI is InChI=1S/C27H28F3N5O2/c1-15(36)35-13-18-6-17(16-4-5-26(37)33(2)11-16)7-24(22(18)14-35)32-25-9-21(27(29)30)20(8-23(25)28)19-10-31-34(3)12-19/h6-10,12,16,27,32H,4-5,11,13-14H2,1-3H3. The summed E-state index contributed by atoms with van der Waals surface area (Å²) in [5, 5.41) is 7.08. The summed E-state index contributed by atoms with van der Waals surface area (Å²) in [5.74, 6) is -0.589. The second kappa shape index (κ2) is 9.57. The maximum absolute atomic E-state index is 15.3. The lowest BCUT2D eigenvalue weighted by Crippen LogP contribution is -2.35. The molecule has 1 saturated heterocycles. The van der Waals surface area contributed by atoms with E-state index in [0.717, 1.165) is 28.8 Å². The fraction of sp³-hybridized carbons (Fsp3) is 0.370. The third-order valence-electron chi connectivity index (χ3n) is 7.28. The van der Waals surface area contributed by atoms with Crippen molar-refractivity contribution in [3.05, 3.63) is 64.7 Å². The average Bonchev–Trinajstić information content (AvgIpc) is 3.48. The lowest BCUT2D eigenvalue weighted by Gasteiger charge is -2.30. The highest BCUT2D eigenvalue weighted by atomic mass is 19.3. The van der Waals surface area contributed by atoms with Gasteiger partial charge < -0.3 is 15.1 Å². The van der Waals surface area contributed by atoms with E-state index in [9.17, 15) is 18.4 Å². The zero-order chi connectivity index (χ0) is 26.4. The molecule has 2 aromatic carbocycles. The molecule has 2 aliphatic heterocycles. The molecule has 1 N–H and O–H groups in total. The van der Waals surface area contributed by atoms with E-state index in [1.54, 1.807) is 30.1 Å². The third-order valence-corrected chi connectivity index (χ3v) is 7.28. The molecule has 0 saturated carbocycles. The van der Waals surface area contributed by atoms with Crippen molar-refractivity contribution in [2.24, 2.45) is 7.05 Å². The van der Waals surface area contributed by atoms with Gasteiger partial charge >= 0.3 is 0 Å². The zero-order valence-electron chi connectivity index (χ0n) is 20.9. The van der Waals surface area contributed by atoms with Gasteiger partial charge in [-0.2, -0.15) is 5.10 Å². The lowest BCUT2D eigenvalue weighted by atomic mass is 9.88. The Bertz CT molecular complexity index is 1390. The van der Waals surface area contributed by atoms with Gasteiger partial charge in [0.05, 0.1) is 11.9 Å². The van der Waals surface area contributed by atoms with Gasteiger partial charge in [-0.15, -0.1) is 0 Å². The first-order chi connectivity index (χ1) is 17.6. The van der Waals surface area contributed by atoms with Crippen molar-refractivity contribution < 1.29 is 22.8 Å². The van der Waals surface area contributed by atoms with E-state index in [-0.39, 0.29) is 34.5 Å². The van der Waals surface area contributed by atoms with Crippen molar-refractivity contribution in [3.8, 4) is 11.1 Å². The number of hydrogen-bond donors (Lipinski definition) is 1. The van der Waals surface area contributed by atoms with Crippen LogP contribution in [-0.2, 0) is 29.7 Å². The van der Waals surface area contributed by atoms with Crippen molar-refractivity contribution in [1.82, 2.24) is 19.6 Å². The van der Waals surface area contributed by atoms with E-state index >= 15 is 4.39 Å². The number of amides is 2. The first-order valence-corrected chi connectivity index (χ1v) is 12.1. The van der Waals surface area contributed by atoms with Gasteiger partial charge in [0.15, 0.2) is 0 Å². The number of nitrogens with one attached hydrogen (secondary N) is 1. The molecule has 5 rings (SSSR count). The van der Waals surface area contributed by atoms with E-state index in [4.69, 9.17) is 0 Å². The molecule has 194 valence electrons. The highest BCUT2D eigenvalue weighted by Gasteiger charge is 2.29. The van der Waals surface area contributed by atoms with Gasteiger partial charge in [-0.25, -0.2) is 13.2 Å². The smallest absolute Gasteiger partial charge is 0.264 e. The molecule has 10 heteroatoms. The Hall–Kier alpha value is -3.82. The van der Waals surface area contributed by atoms with Crippen LogP contribution in [0.2, 0.25) is 0 Å². The van der Waals surface area contributed by atoms with Gasteiger partial charge in [0.25, 0.3) is 6.43 Å². The molecule has 1 atom stereocenters. The van der Waals surface area contributed by atoms with Crippen molar-refractivity contribution >= 4 is 23.2 Å². The molecule has 1 aromatic heterocycles. The Kier molecular flexibility index (Phi) is 6.43. The summed E-state index contributed by atoms with van der Waals surface area (Å²) in [7, 11) is 3.43. The van der Waals surface area contributed by atoms with Gasteiger partial charge in [-0.1, -0.05) is 6.07 Å². The van der Waals surface area contributed by atoms with Gasteiger partial charge in [0.1, 0.15) is 5.82 Å². The molecule has 0 spiro atoms. The van der Waals surface area contributed by atoms with Gasteiger partial charge in [0, 0.05) is 76.0 Å². The highest BCUT2D eigenvalue weighted by Crippen LogP contribution is 2.40. The summed E-state index contributed by atoms with van der Waals surface area (Å²) >= 11 is 0. The number of rotatable bonds is 5. The van der Waals surface area contributed by atoms with E-state index in [0.29, 0.717) is 43.7 Å². The molecule has 37 heavy (non-hydrogen) atoms. The fourth-order valence-corrected chi connectivity index (χ4v) is 5.21. The van der Waals surface area contributed by atoms with Gasteiger partial charge in [-0.3, -0.25) is 14.3 Å². The van der Waals surface area contributed by atoms with Crippen LogP contribution in [0.4, 0.5) is 24.5 Å². The predicted octanol–water partition coefficient (Wildman–Crippen LogP) is 5.11. The number of carbonyl (C=O) groups excluding carboxylic acids is 2. The number of nitrogens with zero attached hydrogens (tertiary/aromatic N) is 4. The van der Waals surface area contributed by atoms with Crippen molar-refractivity contribution in [2.75, 3.05) is 18.9 Å². The number of aryl methyl sites for hydroxylation is 1. The number of likely N-dealkylation sites (tertiary alicyclic amines) is 1. The molecule has 0 aliphatic carbocycles. The van der Waals surface area contributed by atoms with E-state index in [1.807, 2.05) is 12.1 Å². The molecule has 3 heterocycles. The van der Waals surface area contributed by atoms with Crippen LogP contribution in [0.3, 0.4) is 0 Å². The number of aromatic nitrogens is 2. The number of halogens is 3. The minimum Gasteiger partial charge on any atom is -0.353 e. The molecule has 1 fully saturated rings. The summed E-state index contributed by atoms with van der Waals surface area (Å²) < 4.78 is 44.9. The number of fused-ring (bicyclic) bond motifs is 1. The fourth-order valence-electron chi connectivity index (χ4n) is 5.21. The number of piperidine rings is 1. The number of alkyl halides is 2. The second-order valence-electron chi connectivity index (χ2n) is 9.84. The molecule has 2 aliphatic rings. The van der Waals surface area contributed by atoms with E-state index in [2.05, 4.69) is 10.4 Å². The largest absolute Gasteiger partial charge is 0.353 e. The van der Waals surface area contributed by atoms with Gasteiger partial charge in [-0.05, 0) is 46.9 Å². The Morgan fingerprint density at radius 3 is 2.57 bits per heavy atom. The first kappa shape index (κ1) is 24.9. The van der Waals surface area contributed by atoms with Crippen molar-refractivity contribution in [3.63, 3.8) is 0 Å². The number of anilines is 2. The maximum atomic E-state index is 15.3. The number of hydrogen-bond acceptors (Lipinski definition) is 4. The predicted molar refractivity (Wildman–Crippen MR) is 133 cm³/mol. The highest BCUT2D eigenvalue weighted by molar-refractivity contribution is 5.78. The monoisotopic (exact) mass is 511 g/mol. The topological polar surface area (TPSA) is 70.5 Å². The summed E-state index contributed by atoms with van der Waals surface area (Å²) in [6.45, 7) is 2.80. The number of benzene rings is 2. The van der Waals surface area contributed by atoms with Crippen LogP contribution < -0.4 is 5.32 Å². The maximum Gasteiger partial charge on any atom is 0.264 e. The van der Waals surface area contributed by atoms with Crippen LogP contribution in [-0.4, -0.2) is 45.0 Å². The van der Waals surface area contributed by atoms with Crippen molar-refractivity contribution in [1.29, 1.82) is 0 Å². The molecule has 7 nitrogen and oxygen atoms in total. The Balaban J connectivity index is 1.55. The van der Waals surface area contributed by atoms with Crippen molar-refractivity contribution in [2.45, 2.75) is 45.2 Å². The molecule has 1 unspecified atom stereocenters. The third kappa shape index (κ3) is 4.80.